The van der Waals surface area contributed by atoms with Crippen molar-refractivity contribution in [1.29, 1.82) is 0 Å². The predicted molar refractivity (Wildman–Crippen MR) is 64.7 cm³/mol. The number of rotatable bonds is 2. The number of carboxylic acid groups (broad SMARTS) is 1. The van der Waals surface area contributed by atoms with Crippen LogP contribution in [0.5, 0.6) is 0 Å². The molecule has 1 aliphatic rings. The molecule has 1 atom stereocenters. The smallest absolute Gasteiger partial charge is 0.352 e. The zero-order chi connectivity index (χ0) is 12.6. The second kappa shape index (κ2) is 4.35. The zero-order valence-corrected chi connectivity index (χ0v) is 10.7. The van der Waals surface area contributed by atoms with E-state index >= 15 is 0 Å². The van der Waals surface area contributed by atoms with Crippen LogP contribution in [0.25, 0.3) is 0 Å². The first kappa shape index (κ1) is 12.5. The molecule has 1 aromatic rings. The van der Waals surface area contributed by atoms with E-state index in [4.69, 9.17) is 21.4 Å². The number of aromatic nitrogens is 1. The molecule has 0 aromatic carbocycles. The standard InChI is InChI=1S/C12H16ClNO3/c1-12(2)6-9(3-4-17-12)14-7-8(13)5-10(14)11(15)16/h5,7,9H,3-4,6H2,1-2H3,(H,15,16). The Morgan fingerprint density at radius 1 is 1.65 bits per heavy atom. The Hall–Kier alpha value is -1.00. The van der Waals surface area contributed by atoms with E-state index in [2.05, 4.69) is 0 Å². The van der Waals surface area contributed by atoms with E-state index in [-0.39, 0.29) is 17.3 Å². The predicted octanol–water partition coefficient (Wildman–Crippen LogP) is 2.97. The first-order valence-electron chi connectivity index (χ1n) is 5.64. The van der Waals surface area contributed by atoms with Gasteiger partial charge in [-0.3, -0.25) is 0 Å². The van der Waals surface area contributed by atoms with Crippen LogP contribution in [0.15, 0.2) is 12.3 Å². The summed E-state index contributed by atoms with van der Waals surface area (Å²) in [7, 11) is 0. The Morgan fingerprint density at radius 2 is 2.35 bits per heavy atom. The van der Waals surface area contributed by atoms with Crippen molar-refractivity contribution in [2.75, 3.05) is 6.61 Å². The summed E-state index contributed by atoms with van der Waals surface area (Å²) in [6, 6.07) is 1.63. The second-order valence-corrected chi connectivity index (χ2v) is 5.45. The third-order valence-corrected chi connectivity index (χ3v) is 3.31. The number of halogens is 1. The average molecular weight is 258 g/mol. The number of ether oxygens (including phenoxy) is 1. The van der Waals surface area contributed by atoms with Gasteiger partial charge in [-0.1, -0.05) is 11.6 Å². The summed E-state index contributed by atoms with van der Waals surface area (Å²) in [5.74, 6) is -0.943. The quantitative estimate of drug-likeness (QED) is 0.886. The third kappa shape index (κ3) is 2.64. The number of carbonyl (C=O) groups is 1. The SMILES string of the molecule is CC1(C)CC(n2cc(Cl)cc2C(=O)O)CCO1. The molecule has 5 heteroatoms. The van der Waals surface area contributed by atoms with Crippen molar-refractivity contribution >= 4 is 17.6 Å². The van der Waals surface area contributed by atoms with Gasteiger partial charge in [0.2, 0.25) is 0 Å². The van der Waals surface area contributed by atoms with Crippen molar-refractivity contribution in [3.8, 4) is 0 Å². The highest BCUT2D eigenvalue weighted by atomic mass is 35.5. The summed E-state index contributed by atoms with van der Waals surface area (Å²) in [4.78, 5) is 11.1. The maximum absolute atomic E-state index is 11.1. The molecule has 0 aliphatic carbocycles. The molecule has 1 unspecified atom stereocenters. The number of hydrogen-bond donors (Lipinski definition) is 1. The lowest BCUT2D eigenvalue weighted by Crippen LogP contribution is -2.35. The Bertz CT molecular complexity index is 439. The van der Waals surface area contributed by atoms with Crippen LogP contribution in [0.1, 0.15) is 43.2 Å². The highest BCUT2D eigenvalue weighted by Crippen LogP contribution is 2.34. The van der Waals surface area contributed by atoms with Crippen LogP contribution >= 0.6 is 11.6 Å². The van der Waals surface area contributed by atoms with Gasteiger partial charge in [0.05, 0.1) is 10.6 Å². The summed E-state index contributed by atoms with van der Waals surface area (Å²) in [5.41, 5.74) is 0.0350. The van der Waals surface area contributed by atoms with Gasteiger partial charge in [0.1, 0.15) is 5.69 Å². The highest BCUT2D eigenvalue weighted by molar-refractivity contribution is 6.30. The lowest BCUT2D eigenvalue weighted by Gasteiger charge is -2.36. The number of nitrogens with zero attached hydrogens (tertiary/aromatic N) is 1. The van der Waals surface area contributed by atoms with Crippen molar-refractivity contribution < 1.29 is 14.6 Å². The Balaban J connectivity index is 2.30. The van der Waals surface area contributed by atoms with Gasteiger partial charge in [-0.15, -0.1) is 0 Å². The molecule has 0 spiro atoms. The van der Waals surface area contributed by atoms with Crippen LogP contribution in [0.2, 0.25) is 5.02 Å². The lowest BCUT2D eigenvalue weighted by atomic mass is 9.93. The fraction of sp³-hybridized carbons (Fsp3) is 0.583. The summed E-state index contributed by atoms with van der Waals surface area (Å²) >= 11 is 5.88. The van der Waals surface area contributed by atoms with Gasteiger partial charge in [-0.05, 0) is 32.8 Å². The zero-order valence-electron chi connectivity index (χ0n) is 9.94. The van der Waals surface area contributed by atoms with Crippen molar-refractivity contribution in [2.45, 2.75) is 38.3 Å². The topological polar surface area (TPSA) is 51.5 Å². The van der Waals surface area contributed by atoms with Gasteiger partial charge in [0, 0.05) is 18.8 Å². The van der Waals surface area contributed by atoms with Gasteiger partial charge in [0.15, 0.2) is 0 Å². The van der Waals surface area contributed by atoms with Gasteiger partial charge in [-0.2, -0.15) is 0 Å². The monoisotopic (exact) mass is 257 g/mol. The van der Waals surface area contributed by atoms with Crippen molar-refractivity contribution in [1.82, 2.24) is 4.57 Å². The van der Waals surface area contributed by atoms with Crippen LogP contribution in [-0.2, 0) is 4.74 Å². The van der Waals surface area contributed by atoms with Crippen molar-refractivity contribution in [3.05, 3.63) is 23.0 Å². The fourth-order valence-electron chi connectivity index (χ4n) is 2.36. The van der Waals surface area contributed by atoms with Crippen LogP contribution < -0.4 is 0 Å². The maximum atomic E-state index is 11.1. The van der Waals surface area contributed by atoms with E-state index in [9.17, 15) is 4.79 Å². The molecule has 2 heterocycles. The summed E-state index contributed by atoms with van der Waals surface area (Å²) < 4.78 is 7.39. The van der Waals surface area contributed by atoms with Gasteiger partial charge in [-0.25, -0.2) is 4.79 Å². The van der Waals surface area contributed by atoms with E-state index < -0.39 is 5.97 Å². The van der Waals surface area contributed by atoms with Crippen molar-refractivity contribution in [2.24, 2.45) is 0 Å². The van der Waals surface area contributed by atoms with Gasteiger partial charge in [0.25, 0.3) is 0 Å². The Kier molecular flexibility index (Phi) is 3.19. The molecule has 94 valence electrons. The molecule has 0 saturated carbocycles. The van der Waals surface area contributed by atoms with E-state index in [0.29, 0.717) is 11.6 Å². The molecule has 1 aliphatic heterocycles. The van der Waals surface area contributed by atoms with E-state index in [0.717, 1.165) is 12.8 Å². The molecule has 1 N–H and O–H groups in total. The first-order chi connectivity index (χ1) is 7.89. The largest absolute Gasteiger partial charge is 0.477 e. The molecule has 1 fully saturated rings. The van der Waals surface area contributed by atoms with Gasteiger partial charge < -0.3 is 14.4 Å². The molecular formula is C12H16ClNO3. The number of carboxylic acids is 1. The van der Waals surface area contributed by atoms with Crippen LogP contribution in [0, 0.1) is 0 Å². The van der Waals surface area contributed by atoms with E-state index in [1.54, 1.807) is 10.8 Å². The molecule has 0 radical (unpaired) electrons. The van der Waals surface area contributed by atoms with Crippen LogP contribution in [0.3, 0.4) is 0 Å². The third-order valence-electron chi connectivity index (χ3n) is 3.10. The first-order valence-corrected chi connectivity index (χ1v) is 6.01. The summed E-state index contributed by atoms with van der Waals surface area (Å²) in [6.45, 7) is 4.68. The Morgan fingerprint density at radius 3 is 2.94 bits per heavy atom. The minimum atomic E-state index is -0.943. The molecule has 0 amide bonds. The minimum absolute atomic E-state index is 0.136. The minimum Gasteiger partial charge on any atom is -0.477 e. The molecular weight excluding hydrogens is 242 g/mol. The molecule has 2 rings (SSSR count). The maximum Gasteiger partial charge on any atom is 0.352 e. The molecule has 0 bridgehead atoms. The highest BCUT2D eigenvalue weighted by Gasteiger charge is 2.31. The molecule has 17 heavy (non-hydrogen) atoms. The lowest BCUT2D eigenvalue weighted by molar-refractivity contribution is -0.0693. The van der Waals surface area contributed by atoms with E-state index in [1.165, 1.54) is 6.07 Å². The number of hydrogen-bond acceptors (Lipinski definition) is 2. The Labute approximate surface area is 105 Å². The van der Waals surface area contributed by atoms with Crippen LogP contribution in [0.4, 0.5) is 0 Å². The molecule has 1 aromatic heterocycles. The van der Waals surface area contributed by atoms with Gasteiger partial charge >= 0.3 is 5.97 Å². The van der Waals surface area contributed by atoms with Crippen molar-refractivity contribution in [3.63, 3.8) is 0 Å². The molecule has 4 nitrogen and oxygen atoms in total. The fourth-order valence-corrected chi connectivity index (χ4v) is 2.56. The summed E-state index contributed by atoms with van der Waals surface area (Å²) in [5, 5.41) is 9.59. The number of aromatic carboxylic acids is 1. The average Bonchev–Trinajstić information content (AvgIpc) is 2.59. The van der Waals surface area contributed by atoms with Crippen LogP contribution in [-0.4, -0.2) is 27.9 Å². The molecule has 1 saturated heterocycles. The second-order valence-electron chi connectivity index (χ2n) is 5.01. The van der Waals surface area contributed by atoms with E-state index in [1.807, 2.05) is 13.8 Å². The normalized spacial score (nSPS) is 23.6. The summed E-state index contributed by atoms with van der Waals surface area (Å²) in [6.07, 6.45) is 3.30.